The maximum Gasteiger partial charge on any atom is 0.243 e. The molecule has 0 aromatic carbocycles. The third kappa shape index (κ3) is 3.17. The summed E-state index contributed by atoms with van der Waals surface area (Å²) in [7, 11) is -3.58. The summed E-state index contributed by atoms with van der Waals surface area (Å²) in [4.78, 5) is 5.01. The highest BCUT2D eigenvalue weighted by molar-refractivity contribution is 7.89. The number of nitrogen functional groups attached to an aromatic ring is 1. The number of hydrogen-bond acceptors (Lipinski definition) is 5. The monoisotopic (exact) mass is 311 g/mol. The number of pyridine rings is 1. The van der Waals surface area contributed by atoms with Crippen molar-refractivity contribution in [3.63, 3.8) is 0 Å². The topological polar surface area (TPSA) is 76.3 Å². The molecule has 2 aromatic heterocycles. The maximum atomic E-state index is 12.7. The fraction of sp³-hybridized carbons (Fsp3) is 0.308. The quantitative estimate of drug-likeness (QED) is 0.919. The summed E-state index contributed by atoms with van der Waals surface area (Å²) < 4.78 is 26.9. The highest BCUT2D eigenvalue weighted by atomic mass is 32.2. The van der Waals surface area contributed by atoms with Crippen LogP contribution >= 0.6 is 11.3 Å². The van der Waals surface area contributed by atoms with Gasteiger partial charge in [0.1, 0.15) is 5.82 Å². The molecule has 108 valence electrons. The summed E-state index contributed by atoms with van der Waals surface area (Å²) in [5, 5.41) is 1.94. The van der Waals surface area contributed by atoms with Crippen LogP contribution in [0.25, 0.3) is 0 Å². The molecule has 0 aliphatic carbocycles. The van der Waals surface area contributed by atoms with Gasteiger partial charge in [-0.05, 0) is 31.4 Å². The Morgan fingerprint density at radius 3 is 2.70 bits per heavy atom. The molecule has 5 nitrogen and oxygen atoms in total. The summed E-state index contributed by atoms with van der Waals surface area (Å²) >= 11 is 1.54. The zero-order chi connectivity index (χ0) is 14.8. The van der Waals surface area contributed by atoms with Gasteiger partial charge in [0, 0.05) is 29.7 Å². The molecular weight excluding hydrogens is 294 g/mol. The molecule has 7 heteroatoms. The van der Waals surface area contributed by atoms with E-state index in [0.29, 0.717) is 6.54 Å². The largest absolute Gasteiger partial charge is 0.384 e. The molecule has 0 spiro atoms. The zero-order valence-electron chi connectivity index (χ0n) is 11.4. The van der Waals surface area contributed by atoms with E-state index in [9.17, 15) is 8.42 Å². The van der Waals surface area contributed by atoms with Gasteiger partial charge >= 0.3 is 0 Å². The van der Waals surface area contributed by atoms with Gasteiger partial charge in [0.05, 0.1) is 4.90 Å². The van der Waals surface area contributed by atoms with Gasteiger partial charge in [-0.1, -0.05) is 6.07 Å². The van der Waals surface area contributed by atoms with E-state index in [1.54, 1.807) is 0 Å². The molecule has 0 bridgehead atoms. The van der Waals surface area contributed by atoms with Crippen molar-refractivity contribution in [3.05, 3.63) is 40.7 Å². The predicted octanol–water partition coefficient (Wildman–Crippen LogP) is 2.32. The minimum absolute atomic E-state index is 0.142. The Kier molecular flexibility index (Phi) is 4.42. The van der Waals surface area contributed by atoms with Crippen LogP contribution in [-0.4, -0.2) is 23.7 Å². The second-order valence-electron chi connectivity index (χ2n) is 4.64. The molecule has 2 heterocycles. The van der Waals surface area contributed by atoms with Gasteiger partial charge in [-0.2, -0.15) is 4.31 Å². The van der Waals surface area contributed by atoms with Crippen molar-refractivity contribution in [2.45, 2.75) is 31.3 Å². The second kappa shape index (κ2) is 5.90. The normalized spacial score (nSPS) is 12.2. The van der Waals surface area contributed by atoms with E-state index in [1.165, 1.54) is 34.0 Å². The first-order valence-corrected chi connectivity index (χ1v) is 8.49. The Morgan fingerprint density at radius 1 is 1.40 bits per heavy atom. The smallest absolute Gasteiger partial charge is 0.243 e. The lowest BCUT2D eigenvalue weighted by Gasteiger charge is -2.25. The number of nitrogens with two attached hydrogens (primary N) is 1. The molecule has 0 radical (unpaired) electrons. The fourth-order valence-electron chi connectivity index (χ4n) is 1.83. The zero-order valence-corrected chi connectivity index (χ0v) is 13.0. The lowest BCUT2D eigenvalue weighted by atomic mass is 10.4. The van der Waals surface area contributed by atoms with Gasteiger partial charge in [-0.15, -0.1) is 11.3 Å². The Balaban J connectivity index is 2.37. The number of hydrogen-bond donors (Lipinski definition) is 1. The Morgan fingerprint density at radius 2 is 2.15 bits per heavy atom. The molecule has 0 fully saturated rings. The van der Waals surface area contributed by atoms with Crippen LogP contribution in [0.5, 0.6) is 0 Å². The van der Waals surface area contributed by atoms with Crippen LogP contribution in [0.15, 0.2) is 40.7 Å². The van der Waals surface area contributed by atoms with Crippen LogP contribution in [0.2, 0.25) is 0 Å². The lowest BCUT2D eigenvalue weighted by molar-refractivity contribution is 0.350. The van der Waals surface area contributed by atoms with Crippen LogP contribution in [-0.2, 0) is 16.6 Å². The number of nitrogens with zero attached hydrogens (tertiary/aromatic N) is 2. The van der Waals surface area contributed by atoms with E-state index in [-0.39, 0.29) is 16.8 Å². The predicted molar refractivity (Wildman–Crippen MR) is 80.8 cm³/mol. The average Bonchev–Trinajstić information content (AvgIpc) is 2.88. The highest BCUT2D eigenvalue weighted by Gasteiger charge is 2.27. The van der Waals surface area contributed by atoms with E-state index < -0.39 is 10.0 Å². The molecule has 20 heavy (non-hydrogen) atoms. The van der Waals surface area contributed by atoms with Crippen molar-refractivity contribution in [2.24, 2.45) is 0 Å². The van der Waals surface area contributed by atoms with Crippen LogP contribution in [0, 0.1) is 0 Å². The first-order chi connectivity index (χ1) is 9.41. The molecule has 2 aromatic rings. The molecule has 0 saturated carbocycles. The fourth-order valence-corrected chi connectivity index (χ4v) is 4.25. The first kappa shape index (κ1) is 15.0. The van der Waals surface area contributed by atoms with E-state index in [4.69, 9.17) is 5.73 Å². The summed E-state index contributed by atoms with van der Waals surface area (Å²) in [5.41, 5.74) is 5.58. The van der Waals surface area contributed by atoms with Gasteiger partial charge in [0.25, 0.3) is 0 Å². The molecule has 2 N–H and O–H groups in total. The number of sulfonamides is 1. The van der Waals surface area contributed by atoms with E-state index >= 15 is 0 Å². The van der Waals surface area contributed by atoms with Gasteiger partial charge in [-0.3, -0.25) is 0 Å². The Hall–Kier alpha value is -1.44. The molecule has 0 aliphatic heterocycles. The summed E-state index contributed by atoms with van der Waals surface area (Å²) in [6.45, 7) is 4.07. The van der Waals surface area contributed by atoms with Crippen LogP contribution < -0.4 is 5.73 Å². The Bertz CT molecular complexity index is 667. The minimum atomic E-state index is -3.58. The highest BCUT2D eigenvalue weighted by Crippen LogP contribution is 2.23. The minimum Gasteiger partial charge on any atom is -0.384 e. The number of thiophene rings is 1. The SMILES string of the molecule is CC(C)N(Cc1cccs1)S(=O)(=O)c1ccnc(N)c1. The lowest BCUT2D eigenvalue weighted by Crippen LogP contribution is -2.36. The first-order valence-electron chi connectivity index (χ1n) is 6.17. The van der Waals surface area contributed by atoms with E-state index in [0.717, 1.165) is 4.88 Å². The van der Waals surface area contributed by atoms with Gasteiger partial charge in [0.2, 0.25) is 10.0 Å². The Labute approximate surface area is 123 Å². The van der Waals surface area contributed by atoms with Crippen LogP contribution in [0.3, 0.4) is 0 Å². The van der Waals surface area contributed by atoms with Crippen molar-refractivity contribution in [2.75, 3.05) is 5.73 Å². The summed E-state index contributed by atoms with van der Waals surface area (Å²) in [6.07, 6.45) is 1.41. The van der Waals surface area contributed by atoms with Crippen LogP contribution in [0.4, 0.5) is 5.82 Å². The van der Waals surface area contributed by atoms with Crippen molar-refractivity contribution >= 4 is 27.2 Å². The molecule has 0 amide bonds. The number of aromatic nitrogens is 1. The second-order valence-corrected chi connectivity index (χ2v) is 7.56. The average molecular weight is 311 g/mol. The summed E-state index contributed by atoms with van der Waals surface area (Å²) in [5.74, 6) is 0.200. The van der Waals surface area contributed by atoms with Crippen molar-refractivity contribution in [3.8, 4) is 0 Å². The summed E-state index contributed by atoms with van der Waals surface area (Å²) in [6, 6.07) is 6.55. The molecule has 0 atom stereocenters. The van der Waals surface area contributed by atoms with Gasteiger partial charge in [0.15, 0.2) is 0 Å². The molecule has 0 unspecified atom stereocenters. The van der Waals surface area contributed by atoms with Crippen LogP contribution in [0.1, 0.15) is 18.7 Å². The number of rotatable bonds is 5. The van der Waals surface area contributed by atoms with Crippen molar-refractivity contribution in [1.29, 1.82) is 0 Å². The van der Waals surface area contributed by atoms with Crippen molar-refractivity contribution < 1.29 is 8.42 Å². The molecule has 2 rings (SSSR count). The van der Waals surface area contributed by atoms with Crippen molar-refractivity contribution in [1.82, 2.24) is 9.29 Å². The molecule has 0 saturated heterocycles. The van der Waals surface area contributed by atoms with E-state index in [2.05, 4.69) is 4.98 Å². The molecule has 0 aliphatic rings. The third-order valence-corrected chi connectivity index (χ3v) is 5.71. The third-order valence-electron chi connectivity index (χ3n) is 2.83. The maximum absolute atomic E-state index is 12.7. The van der Waals surface area contributed by atoms with Gasteiger partial charge in [-0.25, -0.2) is 13.4 Å². The molecular formula is C13H17N3O2S2. The van der Waals surface area contributed by atoms with E-state index in [1.807, 2.05) is 31.4 Å². The number of anilines is 1. The standard InChI is InChI=1S/C13H17N3O2S2/c1-10(2)16(9-11-4-3-7-19-11)20(17,18)12-5-6-15-13(14)8-12/h3-8,10H,9H2,1-2H3,(H2,14,15). The van der Waals surface area contributed by atoms with Gasteiger partial charge < -0.3 is 5.73 Å².